The largest absolute Gasteiger partial charge is 0.458 e. The van der Waals surface area contributed by atoms with Gasteiger partial charge in [0.25, 0.3) is 0 Å². The lowest BCUT2D eigenvalue weighted by Crippen LogP contribution is -2.43. The van der Waals surface area contributed by atoms with Gasteiger partial charge in [-0.3, -0.25) is 0 Å². The van der Waals surface area contributed by atoms with Gasteiger partial charge < -0.3 is 9.47 Å². The number of carbonyl (C=O) groups is 2. The van der Waals surface area contributed by atoms with Crippen molar-refractivity contribution in [3.8, 4) is 0 Å². The van der Waals surface area contributed by atoms with Crippen molar-refractivity contribution in [3.63, 3.8) is 0 Å². The van der Waals surface area contributed by atoms with E-state index in [4.69, 9.17) is 9.47 Å². The molecule has 0 bridgehead atoms. The first-order valence-electron chi connectivity index (χ1n) is 13.2. The molecule has 0 spiro atoms. The van der Waals surface area contributed by atoms with Gasteiger partial charge in [0.2, 0.25) is 0 Å². The van der Waals surface area contributed by atoms with Gasteiger partial charge in [-0.2, -0.15) is 0 Å². The molecule has 4 aliphatic carbocycles. The molecule has 0 aromatic rings. The van der Waals surface area contributed by atoms with Crippen LogP contribution in [0, 0.1) is 34.5 Å². The van der Waals surface area contributed by atoms with Gasteiger partial charge in [0.1, 0.15) is 12.2 Å². The highest BCUT2D eigenvalue weighted by Crippen LogP contribution is 2.57. The molecule has 34 heavy (non-hydrogen) atoms. The fourth-order valence-electron chi connectivity index (χ4n) is 8.06. The van der Waals surface area contributed by atoms with Crippen LogP contribution in [-0.2, 0) is 19.1 Å². The highest BCUT2D eigenvalue weighted by Gasteiger charge is 2.52. The van der Waals surface area contributed by atoms with Crippen LogP contribution in [0.15, 0.2) is 48.1 Å². The molecule has 0 aromatic carbocycles. The molecule has 2 saturated heterocycles. The third kappa shape index (κ3) is 3.72. The Bertz CT molecular complexity index is 988. The van der Waals surface area contributed by atoms with Crippen LogP contribution in [0.5, 0.6) is 0 Å². The Hall–Kier alpha value is -2.10. The summed E-state index contributed by atoms with van der Waals surface area (Å²) in [5.74, 6) is 1.24. The molecule has 0 aromatic heterocycles. The van der Waals surface area contributed by atoms with E-state index in [1.165, 1.54) is 37.7 Å². The molecule has 0 radical (unpaired) electrons. The summed E-state index contributed by atoms with van der Waals surface area (Å²) >= 11 is 0. The summed E-state index contributed by atoms with van der Waals surface area (Å²) in [7, 11) is 0. The van der Waals surface area contributed by atoms with E-state index in [0.717, 1.165) is 25.7 Å². The van der Waals surface area contributed by atoms with Crippen LogP contribution in [0.1, 0.15) is 78.6 Å². The third-order valence-electron chi connectivity index (χ3n) is 10.1. The maximum Gasteiger partial charge on any atom is 0.334 e. The molecule has 6 rings (SSSR count). The minimum atomic E-state index is -0.188. The summed E-state index contributed by atoms with van der Waals surface area (Å²) in [5, 5.41) is 0. The molecule has 2 aliphatic heterocycles. The summed E-state index contributed by atoms with van der Waals surface area (Å²) in [4.78, 5) is 23.2. The zero-order chi connectivity index (χ0) is 24.4. The van der Waals surface area contributed by atoms with E-state index in [1.807, 2.05) is 0 Å². The number of esters is 2. The maximum absolute atomic E-state index is 11.6. The Labute approximate surface area is 204 Å². The zero-order valence-corrected chi connectivity index (χ0v) is 21.2. The van der Waals surface area contributed by atoms with Crippen LogP contribution in [0.25, 0.3) is 0 Å². The van der Waals surface area contributed by atoms with E-state index in [2.05, 4.69) is 46.6 Å². The van der Waals surface area contributed by atoms with Gasteiger partial charge in [-0.1, -0.05) is 64.2 Å². The number of hydrogen-bond acceptors (Lipinski definition) is 4. The first-order chi connectivity index (χ1) is 16.0. The Morgan fingerprint density at radius 1 is 0.941 bits per heavy atom. The lowest BCUT2D eigenvalue weighted by Gasteiger charge is -2.49. The lowest BCUT2D eigenvalue weighted by molar-refractivity contribution is -0.142. The smallest absolute Gasteiger partial charge is 0.334 e. The van der Waals surface area contributed by atoms with Gasteiger partial charge in [-0.25, -0.2) is 9.59 Å². The molecule has 184 valence electrons. The molecule has 6 aliphatic rings. The van der Waals surface area contributed by atoms with Crippen molar-refractivity contribution in [2.24, 2.45) is 34.5 Å². The molecule has 0 N–H and O–H groups in total. The average Bonchev–Trinajstić information content (AvgIpc) is 3.19. The Balaban J connectivity index is 0.000000142. The Morgan fingerprint density at radius 2 is 1.65 bits per heavy atom. The molecule has 4 heteroatoms. The van der Waals surface area contributed by atoms with Gasteiger partial charge in [0, 0.05) is 23.0 Å². The van der Waals surface area contributed by atoms with Crippen molar-refractivity contribution < 1.29 is 19.1 Å². The number of rotatable bonds is 0. The maximum atomic E-state index is 11.6. The first kappa shape index (κ1) is 23.6. The summed E-state index contributed by atoms with van der Waals surface area (Å²) in [5.41, 5.74) is 4.82. The van der Waals surface area contributed by atoms with E-state index in [-0.39, 0.29) is 41.4 Å². The highest BCUT2D eigenvalue weighted by molar-refractivity contribution is 5.91. The van der Waals surface area contributed by atoms with Crippen molar-refractivity contribution in [2.75, 3.05) is 0 Å². The standard InChI is InChI=1S/2C15H20O2/c2*1-9-5-4-6-15(3)8-13-11(7-12(9)15)10(2)14(16)17-13/h7,9,11,13H,2,4-6,8H2,1,3H3;11-13H,1-2,4-8H2,3H3/t9?,11?,13?,15-;11?,12?,13?,15-/m11/s1. The summed E-state index contributed by atoms with van der Waals surface area (Å²) in [6.07, 6.45) is 12.9. The second-order valence-electron chi connectivity index (χ2n) is 12.4. The van der Waals surface area contributed by atoms with Crippen LogP contribution >= 0.6 is 0 Å². The summed E-state index contributed by atoms with van der Waals surface area (Å²) in [6, 6.07) is 0. The molecule has 5 fully saturated rings. The van der Waals surface area contributed by atoms with Gasteiger partial charge in [-0.05, 0) is 74.0 Å². The zero-order valence-electron chi connectivity index (χ0n) is 21.2. The monoisotopic (exact) mass is 464 g/mol. The number of hydrogen-bond donors (Lipinski definition) is 0. The van der Waals surface area contributed by atoms with Gasteiger partial charge in [0.05, 0.1) is 0 Å². The second-order valence-corrected chi connectivity index (χ2v) is 12.4. The summed E-state index contributed by atoms with van der Waals surface area (Å²) in [6.45, 7) is 19.0. The quantitative estimate of drug-likeness (QED) is 0.234. The van der Waals surface area contributed by atoms with E-state index < -0.39 is 0 Å². The highest BCUT2D eigenvalue weighted by atomic mass is 16.6. The van der Waals surface area contributed by atoms with Crippen molar-refractivity contribution in [1.82, 2.24) is 0 Å². The number of allylic oxidation sites excluding steroid dienone is 2. The minimum absolute atomic E-state index is 0.0500. The van der Waals surface area contributed by atoms with Crippen LogP contribution in [0.3, 0.4) is 0 Å². The molecule has 0 amide bonds. The van der Waals surface area contributed by atoms with Crippen molar-refractivity contribution in [3.05, 3.63) is 48.1 Å². The summed E-state index contributed by atoms with van der Waals surface area (Å²) < 4.78 is 10.9. The van der Waals surface area contributed by atoms with E-state index in [1.54, 1.807) is 5.57 Å². The molecular formula is C30H40O4. The van der Waals surface area contributed by atoms with Crippen molar-refractivity contribution in [1.29, 1.82) is 0 Å². The van der Waals surface area contributed by atoms with Crippen LogP contribution in [-0.4, -0.2) is 24.1 Å². The lowest BCUT2D eigenvalue weighted by atomic mass is 9.56. The van der Waals surface area contributed by atoms with Crippen molar-refractivity contribution in [2.45, 2.75) is 90.8 Å². The first-order valence-corrected chi connectivity index (χ1v) is 13.2. The molecule has 3 saturated carbocycles. The van der Waals surface area contributed by atoms with E-state index >= 15 is 0 Å². The number of carbonyl (C=O) groups excluding carboxylic acids is 2. The average molecular weight is 465 g/mol. The van der Waals surface area contributed by atoms with Crippen LogP contribution < -0.4 is 0 Å². The third-order valence-corrected chi connectivity index (χ3v) is 10.1. The van der Waals surface area contributed by atoms with Gasteiger partial charge in [-0.15, -0.1) is 0 Å². The second kappa shape index (κ2) is 8.24. The van der Waals surface area contributed by atoms with Gasteiger partial charge in [0.15, 0.2) is 0 Å². The van der Waals surface area contributed by atoms with Gasteiger partial charge >= 0.3 is 11.9 Å². The number of ether oxygens (including phenoxy) is 2. The molecule has 4 nitrogen and oxygen atoms in total. The molecule has 8 atom stereocenters. The minimum Gasteiger partial charge on any atom is -0.458 e. The van der Waals surface area contributed by atoms with Crippen LogP contribution in [0.4, 0.5) is 0 Å². The number of fused-ring (bicyclic) bond motifs is 4. The Morgan fingerprint density at radius 3 is 2.41 bits per heavy atom. The Kier molecular flexibility index (Phi) is 5.73. The molecule has 2 heterocycles. The topological polar surface area (TPSA) is 52.6 Å². The fraction of sp³-hybridized carbons (Fsp3) is 0.667. The van der Waals surface area contributed by atoms with Crippen molar-refractivity contribution >= 4 is 11.9 Å². The molecular weight excluding hydrogens is 424 g/mol. The predicted octanol–water partition coefficient (Wildman–Crippen LogP) is 6.48. The predicted molar refractivity (Wildman–Crippen MR) is 133 cm³/mol. The van der Waals surface area contributed by atoms with E-state index in [9.17, 15) is 9.59 Å². The van der Waals surface area contributed by atoms with E-state index in [0.29, 0.717) is 28.4 Å². The normalized spacial score (nSPS) is 45.0. The fourth-order valence-corrected chi connectivity index (χ4v) is 8.06. The SMILES string of the molecule is C=C1C(=O)OC2C[C@@]3(C)CCCC(=C)C3CC12.C=C1C(=O)OC2C[C@@]3(C)CCCC(C)C3=CC12. The molecule has 6 unspecified atom stereocenters. The van der Waals surface area contributed by atoms with Crippen LogP contribution in [0.2, 0.25) is 0 Å².